The predicted octanol–water partition coefficient (Wildman–Crippen LogP) is 10.8. The van der Waals surface area contributed by atoms with Gasteiger partial charge in [-0.25, -0.2) is 9.78 Å². The van der Waals surface area contributed by atoms with Gasteiger partial charge >= 0.3 is 11.9 Å². The molecule has 0 saturated carbocycles. The van der Waals surface area contributed by atoms with Crippen LogP contribution < -0.4 is 4.74 Å². The molecule has 10 heteroatoms. The number of carbonyl (C=O) groups excluding carboxylic acids is 2. The van der Waals surface area contributed by atoms with Gasteiger partial charge in [-0.05, 0) is 57.7 Å². The average molecular weight is 808 g/mol. The number of ether oxygens (including phenoxy) is 3. The second-order valence-corrected chi connectivity index (χ2v) is 14.9. The Balaban J connectivity index is 1.16. The molecule has 0 spiro atoms. The zero-order valence-corrected chi connectivity index (χ0v) is 34.4. The van der Waals surface area contributed by atoms with Crippen molar-refractivity contribution in [3.63, 3.8) is 0 Å². The SMILES string of the molecule is CCC(=O)OC(OC(=O)c1c(Oc2ccc(-c3ccccc3-c3nnn(C(c4ccccc4)(c4ccccc4)c4ccccc4)n3)cc2)c(CC)nc2ccccc12)C(C)C. The molecule has 2 heterocycles. The van der Waals surface area contributed by atoms with Crippen LogP contribution in [0.4, 0.5) is 0 Å². The highest BCUT2D eigenvalue weighted by atomic mass is 16.7. The summed E-state index contributed by atoms with van der Waals surface area (Å²) in [6, 6.07) is 53.6. The lowest BCUT2D eigenvalue weighted by molar-refractivity contribution is -0.175. The normalized spacial score (nSPS) is 12.0. The molecule has 0 aliphatic rings. The number of benzene rings is 6. The molecule has 0 fully saturated rings. The van der Waals surface area contributed by atoms with Gasteiger partial charge in [0, 0.05) is 23.3 Å². The lowest BCUT2D eigenvalue weighted by Gasteiger charge is -2.34. The number of rotatable bonds is 14. The molecule has 304 valence electrons. The molecule has 0 bridgehead atoms. The van der Waals surface area contributed by atoms with Crippen LogP contribution in [0.5, 0.6) is 11.5 Å². The highest BCUT2D eigenvalue weighted by molar-refractivity contribution is 6.06. The van der Waals surface area contributed by atoms with E-state index in [0.29, 0.717) is 34.6 Å². The van der Waals surface area contributed by atoms with Gasteiger partial charge in [0.2, 0.25) is 12.1 Å². The van der Waals surface area contributed by atoms with Gasteiger partial charge in [0.25, 0.3) is 0 Å². The van der Waals surface area contributed by atoms with Gasteiger partial charge in [0.1, 0.15) is 11.3 Å². The van der Waals surface area contributed by atoms with E-state index in [0.717, 1.165) is 33.4 Å². The zero-order valence-electron chi connectivity index (χ0n) is 34.4. The van der Waals surface area contributed by atoms with E-state index < -0.39 is 23.8 Å². The Morgan fingerprint density at radius 2 is 1.21 bits per heavy atom. The Bertz CT molecular complexity index is 2680. The average Bonchev–Trinajstić information content (AvgIpc) is 3.80. The van der Waals surface area contributed by atoms with Crippen molar-refractivity contribution < 1.29 is 23.8 Å². The first-order chi connectivity index (χ1) is 29.8. The molecule has 1 unspecified atom stereocenters. The topological polar surface area (TPSA) is 118 Å². The van der Waals surface area contributed by atoms with Gasteiger partial charge in [0.15, 0.2) is 11.3 Å². The molecule has 0 aliphatic carbocycles. The van der Waals surface area contributed by atoms with Gasteiger partial charge in [-0.1, -0.05) is 173 Å². The Labute approximate surface area is 354 Å². The minimum atomic E-state index is -1.08. The van der Waals surface area contributed by atoms with Crippen molar-refractivity contribution in [2.45, 2.75) is 52.4 Å². The Morgan fingerprint density at radius 1 is 0.656 bits per heavy atom. The van der Waals surface area contributed by atoms with Crippen LogP contribution >= 0.6 is 0 Å². The van der Waals surface area contributed by atoms with Crippen molar-refractivity contribution in [3.8, 4) is 34.0 Å². The molecule has 0 aliphatic heterocycles. The molecule has 0 N–H and O–H groups in total. The van der Waals surface area contributed by atoms with Crippen molar-refractivity contribution in [1.29, 1.82) is 0 Å². The number of esters is 2. The summed E-state index contributed by atoms with van der Waals surface area (Å²) >= 11 is 0. The maximum atomic E-state index is 14.1. The largest absolute Gasteiger partial charge is 0.455 e. The number of hydrogen-bond acceptors (Lipinski definition) is 9. The summed E-state index contributed by atoms with van der Waals surface area (Å²) in [4.78, 5) is 32.9. The first-order valence-corrected chi connectivity index (χ1v) is 20.5. The lowest BCUT2D eigenvalue weighted by atomic mass is 9.77. The molecule has 0 amide bonds. The monoisotopic (exact) mass is 807 g/mol. The van der Waals surface area contributed by atoms with Crippen molar-refractivity contribution >= 4 is 22.8 Å². The third-order valence-electron chi connectivity index (χ3n) is 10.6. The zero-order chi connectivity index (χ0) is 42.3. The fourth-order valence-electron chi connectivity index (χ4n) is 7.57. The quantitative estimate of drug-likeness (QED) is 0.0601. The third-order valence-corrected chi connectivity index (χ3v) is 10.6. The van der Waals surface area contributed by atoms with E-state index in [1.165, 1.54) is 0 Å². The molecular weight excluding hydrogens is 763 g/mol. The van der Waals surface area contributed by atoms with Crippen LogP contribution in [-0.4, -0.2) is 43.4 Å². The maximum Gasteiger partial charge on any atom is 0.345 e. The Morgan fingerprint density at radius 3 is 1.79 bits per heavy atom. The second kappa shape index (κ2) is 17.8. The van der Waals surface area contributed by atoms with E-state index in [9.17, 15) is 9.59 Å². The van der Waals surface area contributed by atoms with Crippen molar-refractivity contribution in [2.24, 2.45) is 5.92 Å². The first-order valence-electron chi connectivity index (χ1n) is 20.5. The number of hydrogen-bond donors (Lipinski definition) is 0. The van der Waals surface area contributed by atoms with Crippen LogP contribution in [0.3, 0.4) is 0 Å². The van der Waals surface area contributed by atoms with E-state index in [4.69, 9.17) is 34.6 Å². The number of carbonyl (C=O) groups is 2. The minimum Gasteiger partial charge on any atom is -0.455 e. The van der Waals surface area contributed by atoms with Crippen molar-refractivity contribution in [2.75, 3.05) is 0 Å². The van der Waals surface area contributed by atoms with Crippen molar-refractivity contribution in [3.05, 3.63) is 192 Å². The molecule has 2 aromatic heterocycles. The van der Waals surface area contributed by atoms with Crippen LogP contribution in [0, 0.1) is 5.92 Å². The fraction of sp³-hybridized carbons (Fsp3) is 0.176. The fourth-order valence-corrected chi connectivity index (χ4v) is 7.57. The van der Waals surface area contributed by atoms with E-state index in [1.807, 2.05) is 148 Å². The summed E-state index contributed by atoms with van der Waals surface area (Å²) in [7, 11) is 0. The van der Waals surface area contributed by atoms with Gasteiger partial charge < -0.3 is 14.2 Å². The van der Waals surface area contributed by atoms with E-state index in [2.05, 4.69) is 36.4 Å². The first kappa shape index (κ1) is 40.3. The van der Waals surface area contributed by atoms with E-state index in [-0.39, 0.29) is 23.7 Å². The Kier molecular flexibility index (Phi) is 11.8. The van der Waals surface area contributed by atoms with Crippen molar-refractivity contribution in [1.82, 2.24) is 25.2 Å². The number of nitrogens with zero attached hydrogens (tertiary/aromatic N) is 5. The molecular formula is C51H45N5O5. The summed E-state index contributed by atoms with van der Waals surface area (Å²) in [5.41, 5.74) is 6.05. The van der Waals surface area contributed by atoms with Crippen LogP contribution in [-0.2, 0) is 26.2 Å². The number of pyridine rings is 1. The second-order valence-electron chi connectivity index (χ2n) is 14.9. The number of fused-ring (bicyclic) bond motifs is 1. The maximum absolute atomic E-state index is 14.1. The Hall–Kier alpha value is -7.46. The number of aromatic nitrogens is 5. The van der Waals surface area contributed by atoms with Gasteiger partial charge in [0.05, 0.1) is 11.2 Å². The molecule has 8 aromatic rings. The summed E-state index contributed by atoms with van der Waals surface area (Å²) in [6.45, 7) is 7.29. The molecule has 6 aromatic carbocycles. The summed E-state index contributed by atoms with van der Waals surface area (Å²) in [5, 5.41) is 15.2. The smallest absolute Gasteiger partial charge is 0.345 e. The number of aryl methyl sites for hydroxylation is 1. The van der Waals surface area contributed by atoms with Gasteiger partial charge in [-0.3, -0.25) is 4.79 Å². The van der Waals surface area contributed by atoms with Gasteiger partial charge in [-0.15, -0.1) is 15.0 Å². The van der Waals surface area contributed by atoms with Crippen LogP contribution in [0.2, 0.25) is 0 Å². The summed E-state index contributed by atoms with van der Waals surface area (Å²) in [5.74, 6) is -0.181. The van der Waals surface area contributed by atoms with E-state index in [1.54, 1.807) is 11.7 Å². The summed E-state index contributed by atoms with van der Waals surface area (Å²) < 4.78 is 17.9. The van der Waals surface area contributed by atoms with Crippen LogP contribution in [0.1, 0.15) is 66.9 Å². The standard InChI is InChI=1S/C51H45N5O5/c1-5-43-47(46(42-28-18-19-29-44(42)52-43)49(58)61-50(34(3)4)60-45(57)6-2)59-39-32-30-35(31-33-39)40-26-16-17-27-41(40)48-53-55-56(54-48)51(36-20-10-7-11-21-36,37-22-12-8-13-23-37)38-24-14-9-15-25-38/h7-34,50H,5-6H2,1-4H3. The predicted molar refractivity (Wildman–Crippen MR) is 235 cm³/mol. The summed E-state index contributed by atoms with van der Waals surface area (Å²) in [6.07, 6.45) is -0.438. The molecule has 0 saturated heterocycles. The molecule has 8 rings (SSSR count). The third kappa shape index (κ3) is 8.00. The highest BCUT2D eigenvalue weighted by Gasteiger charge is 2.41. The lowest BCUT2D eigenvalue weighted by Crippen LogP contribution is -2.39. The molecule has 0 radical (unpaired) electrons. The number of para-hydroxylation sites is 1. The molecule has 10 nitrogen and oxygen atoms in total. The van der Waals surface area contributed by atoms with Crippen LogP contribution in [0.25, 0.3) is 33.4 Å². The van der Waals surface area contributed by atoms with Gasteiger partial charge in [-0.2, -0.15) is 0 Å². The minimum absolute atomic E-state index is 0.155. The molecule has 1 atom stereocenters. The number of tetrazole rings is 1. The van der Waals surface area contributed by atoms with Crippen LogP contribution in [0.15, 0.2) is 164 Å². The van der Waals surface area contributed by atoms with E-state index >= 15 is 0 Å². The molecule has 61 heavy (non-hydrogen) atoms. The highest BCUT2D eigenvalue weighted by Crippen LogP contribution is 2.41.